The summed E-state index contributed by atoms with van der Waals surface area (Å²) < 4.78 is 5.92. The lowest BCUT2D eigenvalue weighted by molar-refractivity contribution is -0.117. The van der Waals surface area contributed by atoms with Gasteiger partial charge in [0.05, 0.1) is 12.1 Å². The van der Waals surface area contributed by atoms with Crippen LogP contribution in [-0.4, -0.2) is 61.4 Å². The van der Waals surface area contributed by atoms with Crippen LogP contribution in [0.1, 0.15) is 16.7 Å². The van der Waals surface area contributed by atoms with E-state index in [1.54, 1.807) is 18.2 Å². The fraction of sp³-hybridized carbons (Fsp3) is 0.304. The lowest BCUT2D eigenvalue weighted by Gasteiger charge is -2.31. The zero-order valence-corrected chi connectivity index (χ0v) is 18.0. The van der Waals surface area contributed by atoms with E-state index in [1.165, 1.54) is 0 Å². The van der Waals surface area contributed by atoms with Crippen LogP contribution in [0.4, 0.5) is 11.4 Å². The molecule has 2 aromatic carbocycles. The highest BCUT2D eigenvalue weighted by Gasteiger charge is 2.32. The zero-order chi connectivity index (χ0) is 21.5. The van der Waals surface area contributed by atoms with Crippen LogP contribution < -0.4 is 10.6 Å². The first-order chi connectivity index (χ1) is 15.0. The van der Waals surface area contributed by atoms with Crippen LogP contribution in [0.2, 0.25) is 5.02 Å². The number of nitrogens with zero attached hydrogens (tertiary/aromatic N) is 2. The number of amides is 2. The molecule has 0 spiro atoms. The Morgan fingerprint density at radius 1 is 1.13 bits per heavy atom. The van der Waals surface area contributed by atoms with E-state index in [1.807, 2.05) is 18.2 Å². The smallest absolute Gasteiger partial charge is 0.260 e. The molecule has 0 bridgehead atoms. The third kappa shape index (κ3) is 3.92. The maximum absolute atomic E-state index is 12.6. The van der Waals surface area contributed by atoms with Crippen molar-refractivity contribution in [2.45, 2.75) is 6.61 Å². The van der Waals surface area contributed by atoms with Gasteiger partial charge in [0.1, 0.15) is 12.4 Å². The Balaban J connectivity index is 1.35. The zero-order valence-electron chi connectivity index (χ0n) is 17.2. The monoisotopic (exact) mass is 438 g/mol. The van der Waals surface area contributed by atoms with Crippen LogP contribution in [-0.2, 0) is 20.9 Å². The van der Waals surface area contributed by atoms with Gasteiger partial charge < -0.3 is 20.3 Å². The van der Waals surface area contributed by atoms with E-state index in [0.717, 1.165) is 54.2 Å². The molecule has 2 N–H and O–H groups in total. The van der Waals surface area contributed by atoms with E-state index in [0.29, 0.717) is 29.5 Å². The molecule has 0 aliphatic carbocycles. The van der Waals surface area contributed by atoms with Gasteiger partial charge >= 0.3 is 0 Å². The van der Waals surface area contributed by atoms with Gasteiger partial charge in [0.15, 0.2) is 0 Å². The molecule has 160 valence electrons. The molecule has 0 atom stereocenters. The number of hydrogen-bond acceptors (Lipinski definition) is 5. The summed E-state index contributed by atoms with van der Waals surface area (Å²) in [5.74, 6) is 0.314. The Bertz CT molecular complexity index is 1110. The van der Waals surface area contributed by atoms with E-state index in [9.17, 15) is 9.59 Å². The van der Waals surface area contributed by atoms with E-state index < -0.39 is 0 Å². The number of nitrogens with one attached hydrogen (secondary N) is 2. The van der Waals surface area contributed by atoms with E-state index in [-0.39, 0.29) is 11.8 Å². The summed E-state index contributed by atoms with van der Waals surface area (Å²) in [6.45, 7) is 4.47. The molecule has 1 fully saturated rings. The van der Waals surface area contributed by atoms with Crippen molar-refractivity contribution in [3.8, 4) is 0 Å². The van der Waals surface area contributed by atoms with Crippen LogP contribution in [0.25, 0.3) is 11.3 Å². The molecule has 8 heteroatoms. The normalized spacial score (nSPS) is 20.8. The highest BCUT2D eigenvalue weighted by molar-refractivity contribution is 6.38. The van der Waals surface area contributed by atoms with Crippen molar-refractivity contribution in [1.82, 2.24) is 9.80 Å². The van der Waals surface area contributed by atoms with Crippen LogP contribution in [0.5, 0.6) is 0 Å². The number of piperazine rings is 1. The third-order valence-electron chi connectivity index (χ3n) is 5.92. The molecule has 5 rings (SSSR count). The number of benzene rings is 2. The summed E-state index contributed by atoms with van der Waals surface area (Å²) >= 11 is 6.14. The van der Waals surface area contributed by atoms with Crippen LogP contribution >= 0.6 is 11.6 Å². The Morgan fingerprint density at radius 3 is 2.74 bits per heavy atom. The highest BCUT2D eigenvalue weighted by atomic mass is 35.5. The van der Waals surface area contributed by atoms with Crippen molar-refractivity contribution in [2.24, 2.45) is 0 Å². The van der Waals surface area contributed by atoms with Gasteiger partial charge in [0.25, 0.3) is 5.91 Å². The number of carbonyl (C=O) groups excluding carboxylic acids is 2. The molecule has 0 unspecified atom stereocenters. The molecule has 3 aliphatic rings. The van der Waals surface area contributed by atoms with Crippen LogP contribution in [0.15, 0.2) is 36.4 Å². The SMILES string of the molecule is CN1CCN(CC(=O)Nc2ccc3c(c2)COC3=C2C(=O)Nc3ccc(Cl)cc32)CC1. The summed E-state index contributed by atoms with van der Waals surface area (Å²) in [5.41, 5.74) is 4.47. The minimum Gasteiger partial charge on any atom is -0.487 e. The quantitative estimate of drug-likeness (QED) is 0.721. The molecule has 0 radical (unpaired) electrons. The molecule has 3 aliphatic heterocycles. The van der Waals surface area contributed by atoms with Crippen molar-refractivity contribution in [1.29, 1.82) is 0 Å². The van der Waals surface area contributed by atoms with Gasteiger partial charge in [0, 0.05) is 59.3 Å². The minimum absolute atomic E-state index is 0.0271. The maximum atomic E-state index is 12.6. The fourth-order valence-electron chi connectivity index (χ4n) is 4.22. The molecular weight excluding hydrogens is 416 g/mol. The van der Waals surface area contributed by atoms with E-state index >= 15 is 0 Å². The number of ether oxygens (including phenoxy) is 1. The van der Waals surface area contributed by atoms with Crippen molar-refractivity contribution < 1.29 is 14.3 Å². The summed E-state index contributed by atoms with van der Waals surface area (Å²) in [7, 11) is 2.09. The summed E-state index contributed by atoms with van der Waals surface area (Å²) in [6, 6.07) is 11.0. The third-order valence-corrected chi connectivity index (χ3v) is 6.16. The second-order valence-corrected chi connectivity index (χ2v) is 8.57. The summed E-state index contributed by atoms with van der Waals surface area (Å²) in [6.07, 6.45) is 0. The van der Waals surface area contributed by atoms with E-state index in [2.05, 4.69) is 27.5 Å². The summed E-state index contributed by atoms with van der Waals surface area (Å²) in [5, 5.41) is 6.41. The van der Waals surface area contributed by atoms with Crippen molar-refractivity contribution in [3.63, 3.8) is 0 Å². The Morgan fingerprint density at radius 2 is 1.94 bits per heavy atom. The number of likely N-dealkylation sites (N-methyl/N-ethyl adjacent to an activating group) is 1. The standard InChI is InChI=1S/C23H23ClN4O3/c1-27-6-8-28(9-7-27)12-20(29)25-16-3-4-17-14(10-16)13-31-22(17)21-18-11-15(24)2-5-19(18)26-23(21)30/h2-5,10-11H,6-9,12-13H2,1H3,(H,25,29)(H,26,30). The first kappa shape index (κ1) is 20.1. The minimum atomic E-state index is -0.204. The number of halogens is 1. The average molecular weight is 439 g/mol. The van der Waals surface area contributed by atoms with Crippen molar-refractivity contribution in [2.75, 3.05) is 50.4 Å². The molecule has 0 aromatic heterocycles. The highest BCUT2D eigenvalue weighted by Crippen LogP contribution is 2.42. The van der Waals surface area contributed by atoms with Crippen molar-refractivity contribution >= 4 is 46.1 Å². The molecule has 3 heterocycles. The van der Waals surface area contributed by atoms with Crippen LogP contribution in [0, 0.1) is 0 Å². The first-order valence-corrected chi connectivity index (χ1v) is 10.7. The maximum Gasteiger partial charge on any atom is 0.260 e. The van der Waals surface area contributed by atoms with Gasteiger partial charge in [0.2, 0.25) is 5.91 Å². The number of anilines is 2. The Hall–Kier alpha value is -2.87. The summed E-state index contributed by atoms with van der Waals surface area (Å²) in [4.78, 5) is 29.5. The number of fused-ring (bicyclic) bond motifs is 2. The predicted molar refractivity (Wildman–Crippen MR) is 121 cm³/mol. The topological polar surface area (TPSA) is 73.9 Å². The van der Waals surface area contributed by atoms with Gasteiger partial charge in [-0.3, -0.25) is 14.5 Å². The lowest BCUT2D eigenvalue weighted by Crippen LogP contribution is -2.47. The average Bonchev–Trinajstić information content (AvgIpc) is 3.28. The first-order valence-electron chi connectivity index (χ1n) is 10.3. The predicted octanol–water partition coefficient (Wildman–Crippen LogP) is 2.88. The molecule has 2 aromatic rings. The number of hydrogen-bond donors (Lipinski definition) is 2. The fourth-order valence-corrected chi connectivity index (χ4v) is 4.39. The van der Waals surface area contributed by atoms with Gasteiger partial charge in [-0.2, -0.15) is 0 Å². The number of rotatable bonds is 3. The Labute approximate surface area is 185 Å². The Kier molecular flexibility index (Phi) is 5.17. The van der Waals surface area contributed by atoms with Gasteiger partial charge in [-0.05, 0) is 43.4 Å². The second-order valence-electron chi connectivity index (χ2n) is 8.14. The molecule has 2 amide bonds. The van der Waals surface area contributed by atoms with Gasteiger partial charge in [-0.25, -0.2) is 0 Å². The second kappa shape index (κ2) is 8.00. The van der Waals surface area contributed by atoms with E-state index in [4.69, 9.17) is 16.3 Å². The molecule has 1 saturated heterocycles. The number of carbonyl (C=O) groups is 2. The van der Waals surface area contributed by atoms with Gasteiger partial charge in [-0.1, -0.05) is 11.6 Å². The molecule has 7 nitrogen and oxygen atoms in total. The van der Waals surface area contributed by atoms with Crippen molar-refractivity contribution in [3.05, 3.63) is 58.1 Å². The molecule has 31 heavy (non-hydrogen) atoms. The van der Waals surface area contributed by atoms with Gasteiger partial charge in [-0.15, -0.1) is 0 Å². The largest absolute Gasteiger partial charge is 0.487 e. The lowest BCUT2D eigenvalue weighted by atomic mass is 10.00. The van der Waals surface area contributed by atoms with Crippen LogP contribution in [0.3, 0.4) is 0 Å². The molecule has 0 saturated carbocycles. The molecular formula is C23H23ClN4O3.